The number of esters is 1. The Labute approximate surface area is 132 Å². The Bertz CT molecular complexity index is 732. The van der Waals surface area contributed by atoms with Gasteiger partial charge in [0, 0.05) is 10.4 Å². The smallest absolute Gasteiger partial charge is 0.359 e. The van der Waals surface area contributed by atoms with Crippen LogP contribution in [-0.4, -0.2) is 17.6 Å². The van der Waals surface area contributed by atoms with E-state index in [0.717, 1.165) is 10.9 Å². The second kappa shape index (κ2) is 6.97. The number of hydrogen-bond donors (Lipinski definition) is 4. The number of nitrogens with one attached hydrogen (secondary N) is 2. The summed E-state index contributed by atoms with van der Waals surface area (Å²) < 4.78 is 4.85. The van der Waals surface area contributed by atoms with Gasteiger partial charge in [-0.15, -0.1) is 0 Å². The van der Waals surface area contributed by atoms with Gasteiger partial charge >= 0.3 is 5.97 Å². The molecule has 0 saturated heterocycles. The first-order chi connectivity index (χ1) is 10.5. The Hall–Kier alpha value is -2.51. The van der Waals surface area contributed by atoms with Crippen LogP contribution in [-0.2, 0) is 9.53 Å². The minimum atomic E-state index is -0.643. The molecule has 8 heteroatoms. The highest BCUT2D eigenvalue weighted by atomic mass is 35.5. The average Bonchev–Trinajstić information content (AvgIpc) is 2.48. The summed E-state index contributed by atoms with van der Waals surface area (Å²) in [5.41, 5.74) is 9.36. The van der Waals surface area contributed by atoms with Gasteiger partial charge in [0.25, 0.3) is 0 Å². The molecule has 0 aliphatic heterocycles. The fraction of sp³-hybridized carbons (Fsp3) is 0.143. The first-order valence-corrected chi connectivity index (χ1v) is 6.88. The molecular weight excluding hydrogens is 306 g/mol. The summed E-state index contributed by atoms with van der Waals surface area (Å²) in [5, 5.41) is 4.34. The van der Waals surface area contributed by atoms with E-state index in [2.05, 4.69) is 15.7 Å². The van der Waals surface area contributed by atoms with E-state index in [4.69, 9.17) is 27.9 Å². The maximum Gasteiger partial charge on any atom is 0.359 e. The van der Waals surface area contributed by atoms with Gasteiger partial charge in [-0.2, -0.15) is 0 Å². The van der Waals surface area contributed by atoms with E-state index in [0.29, 0.717) is 10.7 Å². The van der Waals surface area contributed by atoms with E-state index >= 15 is 0 Å². The molecule has 0 unspecified atom stereocenters. The summed E-state index contributed by atoms with van der Waals surface area (Å²) in [4.78, 5) is 16.0. The number of fused-ring (bicyclic) bond motifs is 1. The molecule has 22 heavy (non-hydrogen) atoms. The standard InChI is InChI=1S/C14H16ClN5O2/c1-2-22-14(21)12(20-17)13(16)19-10-5-8-3-4-9(15)6-11(8)18-7-10/h3-7,19-20H,2,16-17H2,1H3/b13-12+. The molecular formula is C14H16ClN5O2. The van der Waals surface area contributed by atoms with E-state index in [1.165, 1.54) is 0 Å². The normalized spacial score (nSPS) is 11.8. The predicted octanol–water partition coefficient (Wildman–Crippen LogP) is 1.45. The molecule has 1 heterocycles. The van der Waals surface area contributed by atoms with Crippen LogP contribution < -0.4 is 22.3 Å². The number of nitrogens with two attached hydrogens (primary N) is 2. The quantitative estimate of drug-likeness (QED) is 0.285. The summed E-state index contributed by atoms with van der Waals surface area (Å²) in [6, 6.07) is 7.18. The molecule has 6 N–H and O–H groups in total. The monoisotopic (exact) mass is 321 g/mol. The number of ether oxygens (including phenoxy) is 1. The van der Waals surface area contributed by atoms with Gasteiger partial charge in [0.1, 0.15) is 5.82 Å². The molecule has 0 bridgehead atoms. The Morgan fingerprint density at radius 2 is 2.18 bits per heavy atom. The van der Waals surface area contributed by atoms with Gasteiger partial charge < -0.3 is 21.2 Å². The van der Waals surface area contributed by atoms with Crippen LogP contribution in [0.2, 0.25) is 5.02 Å². The lowest BCUT2D eigenvalue weighted by atomic mass is 10.2. The molecule has 2 rings (SSSR count). The van der Waals surface area contributed by atoms with Gasteiger partial charge in [-0.3, -0.25) is 10.8 Å². The molecule has 2 aromatic rings. The summed E-state index contributed by atoms with van der Waals surface area (Å²) in [6.45, 7) is 1.91. The van der Waals surface area contributed by atoms with Crippen molar-refractivity contribution in [3.05, 3.63) is 47.0 Å². The number of anilines is 1. The zero-order valence-corrected chi connectivity index (χ0v) is 12.6. The van der Waals surface area contributed by atoms with Gasteiger partial charge in [-0.25, -0.2) is 4.79 Å². The highest BCUT2D eigenvalue weighted by Crippen LogP contribution is 2.21. The third-order valence-electron chi connectivity index (χ3n) is 2.82. The highest BCUT2D eigenvalue weighted by Gasteiger charge is 2.14. The summed E-state index contributed by atoms with van der Waals surface area (Å²) in [5.74, 6) is 4.70. The van der Waals surface area contributed by atoms with Crippen molar-refractivity contribution >= 4 is 34.2 Å². The van der Waals surface area contributed by atoms with Gasteiger partial charge in [0.2, 0.25) is 0 Å². The van der Waals surface area contributed by atoms with Gasteiger partial charge in [0.05, 0.1) is 24.0 Å². The maximum absolute atomic E-state index is 11.7. The predicted molar refractivity (Wildman–Crippen MR) is 85.5 cm³/mol. The average molecular weight is 322 g/mol. The molecule has 1 aromatic heterocycles. The van der Waals surface area contributed by atoms with Crippen molar-refractivity contribution in [3.8, 4) is 0 Å². The van der Waals surface area contributed by atoms with Crippen molar-refractivity contribution in [2.45, 2.75) is 6.92 Å². The number of hydrazine groups is 1. The van der Waals surface area contributed by atoms with E-state index in [1.54, 1.807) is 25.3 Å². The SMILES string of the molecule is CCOC(=O)/C(NN)=C(/N)Nc1cnc2cc(Cl)ccc2c1. The molecule has 0 fully saturated rings. The second-order valence-electron chi connectivity index (χ2n) is 4.34. The third-order valence-corrected chi connectivity index (χ3v) is 3.05. The van der Waals surface area contributed by atoms with E-state index in [-0.39, 0.29) is 18.1 Å². The number of nitrogens with zero attached hydrogens (tertiary/aromatic N) is 1. The van der Waals surface area contributed by atoms with Crippen molar-refractivity contribution in [1.82, 2.24) is 10.4 Å². The topological polar surface area (TPSA) is 115 Å². The molecule has 0 amide bonds. The molecule has 0 aliphatic rings. The number of hydrogen-bond acceptors (Lipinski definition) is 7. The molecule has 1 aromatic carbocycles. The lowest BCUT2D eigenvalue weighted by Crippen LogP contribution is -2.33. The van der Waals surface area contributed by atoms with Crippen LogP contribution in [0.3, 0.4) is 0 Å². The molecule has 0 radical (unpaired) electrons. The Kier molecular flexibility index (Phi) is 5.03. The number of halogens is 1. The fourth-order valence-electron chi connectivity index (χ4n) is 1.83. The summed E-state index contributed by atoms with van der Waals surface area (Å²) in [6.07, 6.45) is 1.57. The minimum Gasteiger partial charge on any atom is -0.461 e. The van der Waals surface area contributed by atoms with Crippen molar-refractivity contribution in [2.75, 3.05) is 11.9 Å². The first kappa shape index (κ1) is 15.9. The van der Waals surface area contributed by atoms with Crippen molar-refractivity contribution in [2.24, 2.45) is 11.6 Å². The van der Waals surface area contributed by atoms with Crippen LogP contribution in [0.5, 0.6) is 0 Å². The van der Waals surface area contributed by atoms with E-state index in [1.807, 2.05) is 12.1 Å². The molecule has 0 saturated carbocycles. The maximum atomic E-state index is 11.7. The number of carbonyl (C=O) groups is 1. The van der Waals surface area contributed by atoms with E-state index in [9.17, 15) is 4.79 Å². The number of aromatic nitrogens is 1. The zero-order valence-electron chi connectivity index (χ0n) is 11.9. The lowest BCUT2D eigenvalue weighted by Gasteiger charge is -2.12. The largest absolute Gasteiger partial charge is 0.461 e. The van der Waals surface area contributed by atoms with E-state index < -0.39 is 5.97 Å². The highest BCUT2D eigenvalue weighted by molar-refractivity contribution is 6.31. The van der Waals surface area contributed by atoms with Crippen LogP contribution in [0.25, 0.3) is 10.9 Å². The minimum absolute atomic E-state index is 0.0380. The Morgan fingerprint density at radius 3 is 2.86 bits per heavy atom. The molecule has 0 aliphatic carbocycles. The number of benzene rings is 1. The molecule has 116 valence electrons. The molecule has 7 nitrogen and oxygen atoms in total. The Balaban J connectivity index is 2.28. The van der Waals surface area contributed by atoms with Crippen LogP contribution in [0.4, 0.5) is 5.69 Å². The number of rotatable bonds is 5. The fourth-order valence-corrected chi connectivity index (χ4v) is 2.00. The lowest BCUT2D eigenvalue weighted by molar-refractivity contribution is -0.139. The zero-order chi connectivity index (χ0) is 16.1. The van der Waals surface area contributed by atoms with Crippen molar-refractivity contribution in [1.29, 1.82) is 0 Å². The molecule has 0 atom stereocenters. The third kappa shape index (κ3) is 3.57. The van der Waals surface area contributed by atoms with Gasteiger partial charge in [-0.05, 0) is 25.1 Å². The first-order valence-electron chi connectivity index (χ1n) is 6.51. The Morgan fingerprint density at radius 1 is 1.41 bits per heavy atom. The number of carbonyl (C=O) groups excluding carboxylic acids is 1. The van der Waals surface area contributed by atoms with Crippen LogP contribution in [0.15, 0.2) is 42.0 Å². The van der Waals surface area contributed by atoms with Crippen LogP contribution >= 0.6 is 11.6 Å². The van der Waals surface area contributed by atoms with Crippen molar-refractivity contribution < 1.29 is 9.53 Å². The molecule has 0 spiro atoms. The van der Waals surface area contributed by atoms with Gasteiger partial charge in [-0.1, -0.05) is 17.7 Å². The number of pyridine rings is 1. The van der Waals surface area contributed by atoms with Crippen molar-refractivity contribution in [3.63, 3.8) is 0 Å². The van der Waals surface area contributed by atoms with Crippen LogP contribution in [0, 0.1) is 0 Å². The van der Waals surface area contributed by atoms with Gasteiger partial charge in [0.15, 0.2) is 5.70 Å². The van der Waals surface area contributed by atoms with Crippen LogP contribution in [0.1, 0.15) is 6.92 Å². The summed E-state index contributed by atoms with van der Waals surface area (Å²) in [7, 11) is 0. The second-order valence-corrected chi connectivity index (χ2v) is 4.78. The summed E-state index contributed by atoms with van der Waals surface area (Å²) >= 11 is 5.91.